The van der Waals surface area contributed by atoms with Crippen molar-refractivity contribution in [1.82, 2.24) is 4.98 Å². The first-order chi connectivity index (χ1) is 7.79. The maximum absolute atomic E-state index is 8.87. The van der Waals surface area contributed by atoms with Crippen LogP contribution in [0.25, 0.3) is 0 Å². The molecule has 0 aliphatic heterocycles. The average molecular weight is 275 g/mol. The topological polar surface area (TPSA) is 45.9 Å². The Kier molecular flexibility index (Phi) is 3.18. The van der Waals surface area contributed by atoms with Crippen molar-refractivity contribution in [3.8, 4) is 17.7 Å². The zero-order chi connectivity index (χ0) is 11.4. The van der Waals surface area contributed by atoms with E-state index in [2.05, 4.69) is 20.9 Å². The van der Waals surface area contributed by atoms with Crippen molar-refractivity contribution in [2.24, 2.45) is 0 Å². The predicted molar refractivity (Wildman–Crippen MR) is 63.2 cm³/mol. The molecule has 0 spiro atoms. The molecular formula is C12H7BrN2O. The fourth-order valence-electron chi connectivity index (χ4n) is 1.20. The molecular weight excluding hydrogens is 268 g/mol. The monoisotopic (exact) mass is 274 g/mol. The maximum atomic E-state index is 8.87. The van der Waals surface area contributed by atoms with Crippen LogP contribution in [0.5, 0.6) is 11.6 Å². The second-order valence-electron chi connectivity index (χ2n) is 3.03. The molecule has 3 nitrogen and oxygen atoms in total. The summed E-state index contributed by atoms with van der Waals surface area (Å²) < 4.78 is 6.43. The highest BCUT2D eigenvalue weighted by molar-refractivity contribution is 9.10. The van der Waals surface area contributed by atoms with Gasteiger partial charge >= 0.3 is 0 Å². The first-order valence-electron chi connectivity index (χ1n) is 4.58. The van der Waals surface area contributed by atoms with Gasteiger partial charge in [-0.1, -0.05) is 22.0 Å². The van der Waals surface area contributed by atoms with Gasteiger partial charge in [0.05, 0.1) is 0 Å². The lowest BCUT2D eigenvalue weighted by Crippen LogP contribution is -1.90. The van der Waals surface area contributed by atoms with Crippen LogP contribution in [0.1, 0.15) is 5.56 Å². The van der Waals surface area contributed by atoms with Crippen molar-refractivity contribution in [3.63, 3.8) is 0 Å². The van der Waals surface area contributed by atoms with E-state index in [-0.39, 0.29) is 0 Å². The third kappa shape index (κ3) is 2.38. The third-order valence-electron chi connectivity index (χ3n) is 1.90. The van der Waals surface area contributed by atoms with Crippen LogP contribution in [0.15, 0.2) is 47.1 Å². The summed E-state index contributed by atoms with van der Waals surface area (Å²) in [5, 5.41) is 8.87. The molecule has 0 saturated carbocycles. The molecule has 0 unspecified atom stereocenters. The van der Waals surface area contributed by atoms with Gasteiger partial charge in [-0.25, -0.2) is 4.98 Å². The third-order valence-corrected chi connectivity index (χ3v) is 2.40. The Balaban J connectivity index is 2.31. The smallest absolute Gasteiger partial charge is 0.237 e. The molecule has 0 aliphatic rings. The normalized spacial score (nSPS) is 9.50. The highest BCUT2D eigenvalue weighted by atomic mass is 79.9. The summed E-state index contributed by atoms with van der Waals surface area (Å²) in [4.78, 5) is 4.01. The SMILES string of the molecule is N#Cc1cccnc1Oc1cccc(Br)c1. The molecule has 4 heteroatoms. The number of nitrogens with zero attached hydrogens (tertiary/aromatic N) is 2. The number of benzene rings is 1. The molecule has 2 aromatic rings. The summed E-state index contributed by atoms with van der Waals surface area (Å²) in [6.07, 6.45) is 1.59. The van der Waals surface area contributed by atoms with Crippen LogP contribution >= 0.6 is 15.9 Å². The van der Waals surface area contributed by atoms with Crippen molar-refractivity contribution in [2.75, 3.05) is 0 Å². The molecule has 0 radical (unpaired) electrons. The van der Waals surface area contributed by atoms with Gasteiger partial charge in [0.25, 0.3) is 0 Å². The van der Waals surface area contributed by atoms with E-state index in [1.54, 1.807) is 24.4 Å². The predicted octanol–water partition coefficient (Wildman–Crippen LogP) is 3.51. The van der Waals surface area contributed by atoms with E-state index in [0.717, 1.165) is 4.47 Å². The molecule has 1 heterocycles. The Morgan fingerprint density at radius 2 is 2.12 bits per heavy atom. The van der Waals surface area contributed by atoms with Gasteiger partial charge in [0, 0.05) is 10.7 Å². The van der Waals surface area contributed by atoms with Crippen LogP contribution in [0.2, 0.25) is 0 Å². The molecule has 1 aromatic carbocycles. The number of hydrogen-bond acceptors (Lipinski definition) is 3. The van der Waals surface area contributed by atoms with Crippen LogP contribution in [0, 0.1) is 11.3 Å². The number of halogens is 1. The van der Waals surface area contributed by atoms with Crippen LogP contribution in [-0.4, -0.2) is 4.98 Å². The number of aromatic nitrogens is 1. The van der Waals surface area contributed by atoms with E-state index in [1.807, 2.05) is 24.3 Å². The second kappa shape index (κ2) is 4.77. The summed E-state index contributed by atoms with van der Waals surface area (Å²) in [6.45, 7) is 0. The number of ether oxygens (including phenoxy) is 1. The highest BCUT2D eigenvalue weighted by Crippen LogP contribution is 2.24. The zero-order valence-electron chi connectivity index (χ0n) is 8.22. The zero-order valence-corrected chi connectivity index (χ0v) is 9.81. The molecule has 2 rings (SSSR count). The minimum absolute atomic E-state index is 0.322. The molecule has 16 heavy (non-hydrogen) atoms. The van der Waals surface area contributed by atoms with E-state index in [4.69, 9.17) is 10.00 Å². The minimum Gasteiger partial charge on any atom is -0.438 e. The van der Waals surface area contributed by atoms with Gasteiger partial charge in [-0.3, -0.25) is 0 Å². The van der Waals surface area contributed by atoms with E-state index in [1.165, 1.54) is 0 Å². The molecule has 78 valence electrons. The maximum Gasteiger partial charge on any atom is 0.237 e. The molecule has 1 aromatic heterocycles. The minimum atomic E-state index is 0.322. The summed E-state index contributed by atoms with van der Waals surface area (Å²) >= 11 is 3.35. The highest BCUT2D eigenvalue weighted by Gasteiger charge is 2.04. The van der Waals surface area contributed by atoms with Crippen LogP contribution in [-0.2, 0) is 0 Å². The summed E-state index contributed by atoms with van der Waals surface area (Å²) in [5.74, 6) is 0.965. The van der Waals surface area contributed by atoms with E-state index in [9.17, 15) is 0 Å². The van der Waals surface area contributed by atoms with Crippen molar-refractivity contribution in [1.29, 1.82) is 5.26 Å². The summed E-state index contributed by atoms with van der Waals surface area (Å²) in [6, 6.07) is 12.8. The fourth-order valence-corrected chi connectivity index (χ4v) is 1.58. The molecule has 0 atom stereocenters. The Hall–Kier alpha value is -1.86. The summed E-state index contributed by atoms with van der Waals surface area (Å²) in [5.41, 5.74) is 0.419. The first-order valence-corrected chi connectivity index (χ1v) is 5.37. The lowest BCUT2D eigenvalue weighted by Gasteiger charge is -2.05. The van der Waals surface area contributed by atoms with Crippen molar-refractivity contribution in [3.05, 3.63) is 52.6 Å². The van der Waals surface area contributed by atoms with E-state index in [0.29, 0.717) is 17.2 Å². The Morgan fingerprint density at radius 3 is 2.88 bits per heavy atom. The standard InChI is InChI=1S/C12H7BrN2O/c13-10-4-1-5-11(7-10)16-12-9(8-14)3-2-6-15-12/h1-7H. The average Bonchev–Trinajstić information content (AvgIpc) is 2.30. The quantitative estimate of drug-likeness (QED) is 0.842. The molecule has 0 aliphatic carbocycles. The van der Waals surface area contributed by atoms with Crippen LogP contribution in [0.3, 0.4) is 0 Å². The van der Waals surface area contributed by atoms with E-state index >= 15 is 0 Å². The van der Waals surface area contributed by atoms with Gasteiger partial charge in [-0.2, -0.15) is 5.26 Å². The molecule has 0 bridgehead atoms. The van der Waals surface area contributed by atoms with Gasteiger partial charge in [-0.05, 0) is 30.3 Å². The Morgan fingerprint density at radius 1 is 1.25 bits per heavy atom. The van der Waals surface area contributed by atoms with Crippen molar-refractivity contribution >= 4 is 15.9 Å². The van der Waals surface area contributed by atoms with Gasteiger partial charge in [0.1, 0.15) is 17.4 Å². The molecule has 0 saturated heterocycles. The fraction of sp³-hybridized carbons (Fsp3) is 0. The number of pyridine rings is 1. The van der Waals surface area contributed by atoms with E-state index < -0.39 is 0 Å². The van der Waals surface area contributed by atoms with Gasteiger partial charge in [0.15, 0.2) is 0 Å². The van der Waals surface area contributed by atoms with Gasteiger partial charge in [0.2, 0.25) is 5.88 Å². The lowest BCUT2D eigenvalue weighted by atomic mass is 10.3. The van der Waals surface area contributed by atoms with Gasteiger partial charge < -0.3 is 4.74 Å². The van der Waals surface area contributed by atoms with Crippen molar-refractivity contribution in [2.45, 2.75) is 0 Å². The Labute approximate surface area is 101 Å². The summed E-state index contributed by atoms with van der Waals surface area (Å²) in [7, 11) is 0. The number of nitriles is 1. The first kappa shape index (κ1) is 10.7. The number of hydrogen-bond donors (Lipinski definition) is 0. The van der Waals surface area contributed by atoms with Gasteiger partial charge in [-0.15, -0.1) is 0 Å². The largest absolute Gasteiger partial charge is 0.438 e. The Bertz CT molecular complexity index is 549. The lowest BCUT2D eigenvalue weighted by molar-refractivity contribution is 0.461. The van der Waals surface area contributed by atoms with Crippen LogP contribution in [0.4, 0.5) is 0 Å². The molecule has 0 fully saturated rings. The molecule has 0 amide bonds. The van der Waals surface area contributed by atoms with Crippen LogP contribution < -0.4 is 4.74 Å². The number of rotatable bonds is 2. The second-order valence-corrected chi connectivity index (χ2v) is 3.94. The van der Waals surface area contributed by atoms with Crippen molar-refractivity contribution < 1.29 is 4.74 Å². The molecule has 0 N–H and O–H groups in total.